The van der Waals surface area contributed by atoms with Crippen LogP contribution in [0, 0.1) is 11.3 Å². The molecule has 0 amide bonds. The molecule has 38 heavy (non-hydrogen) atoms. The lowest BCUT2D eigenvalue weighted by molar-refractivity contribution is 0.212. The number of aryl methyl sites for hydroxylation is 1. The van der Waals surface area contributed by atoms with Crippen LogP contribution in [0.3, 0.4) is 0 Å². The molecule has 1 fully saturated rings. The molecule has 6 rings (SSSR count). The number of nitriles is 1. The predicted octanol–water partition coefficient (Wildman–Crippen LogP) is 6.88. The molecule has 1 atom stereocenters. The van der Waals surface area contributed by atoms with E-state index in [9.17, 15) is 5.26 Å². The molecule has 0 spiro atoms. The molecule has 190 valence electrons. The van der Waals surface area contributed by atoms with E-state index in [0.29, 0.717) is 5.56 Å². The Kier molecular flexibility index (Phi) is 6.76. The van der Waals surface area contributed by atoms with Crippen LogP contribution in [-0.4, -0.2) is 40.5 Å². The molecule has 0 saturated carbocycles. The molecule has 3 heterocycles. The van der Waals surface area contributed by atoms with Gasteiger partial charge in [-0.25, -0.2) is 4.98 Å². The van der Waals surface area contributed by atoms with E-state index in [1.807, 2.05) is 30.3 Å². The zero-order valence-electron chi connectivity index (χ0n) is 21.5. The lowest BCUT2D eigenvalue weighted by Crippen LogP contribution is -2.48. The minimum Gasteiger partial charge on any atom is -0.355 e. The van der Waals surface area contributed by atoms with Gasteiger partial charge in [0.05, 0.1) is 22.6 Å². The smallest absolute Gasteiger partial charge is 0.157 e. The first kappa shape index (κ1) is 24.5. The lowest BCUT2D eigenvalue weighted by Gasteiger charge is -2.41. The standard InChI is InChI=1S/C32H30ClN5/c1-2-8-25-21-30(38-29-12-7-6-11-28(29)35-32(38)27(25)22-34)36-17-19-37(20-18-36)31(23-9-4-3-5-10-23)24-13-15-26(33)16-14-24/h3-7,9-16,21,31H,2,8,17-20H2,1H3/t31-/m1/s1. The van der Waals surface area contributed by atoms with Gasteiger partial charge in [-0.1, -0.05) is 79.5 Å². The van der Waals surface area contributed by atoms with E-state index >= 15 is 0 Å². The van der Waals surface area contributed by atoms with Gasteiger partial charge in [-0.05, 0) is 53.4 Å². The summed E-state index contributed by atoms with van der Waals surface area (Å²) in [5, 5.41) is 10.8. The monoisotopic (exact) mass is 519 g/mol. The van der Waals surface area contributed by atoms with Crippen LogP contribution in [0.5, 0.6) is 0 Å². The molecule has 0 unspecified atom stereocenters. The fourth-order valence-corrected chi connectivity index (χ4v) is 5.91. The molecule has 3 aromatic carbocycles. The molecule has 1 aliphatic heterocycles. The summed E-state index contributed by atoms with van der Waals surface area (Å²) in [5.74, 6) is 1.12. The molecule has 5 aromatic rings. The number of nitrogens with zero attached hydrogens (tertiary/aromatic N) is 5. The molecule has 0 aliphatic carbocycles. The van der Waals surface area contributed by atoms with Crippen molar-refractivity contribution in [1.29, 1.82) is 5.26 Å². The van der Waals surface area contributed by atoms with E-state index < -0.39 is 0 Å². The van der Waals surface area contributed by atoms with Crippen molar-refractivity contribution in [3.63, 3.8) is 0 Å². The number of benzene rings is 3. The van der Waals surface area contributed by atoms with Crippen LogP contribution < -0.4 is 4.90 Å². The van der Waals surface area contributed by atoms with Gasteiger partial charge >= 0.3 is 0 Å². The minimum absolute atomic E-state index is 0.168. The van der Waals surface area contributed by atoms with Crippen LogP contribution in [0.1, 0.15) is 41.6 Å². The number of hydrogen-bond donors (Lipinski definition) is 0. The Morgan fingerprint density at radius 3 is 2.29 bits per heavy atom. The number of aromatic nitrogens is 2. The molecule has 6 heteroatoms. The second-order valence-corrected chi connectivity index (χ2v) is 10.3. The van der Waals surface area contributed by atoms with Crippen molar-refractivity contribution in [1.82, 2.24) is 14.3 Å². The fraction of sp³-hybridized carbons (Fsp3) is 0.250. The third-order valence-electron chi connectivity index (χ3n) is 7.57. The topological polar surface area (TPSA) is 47.6 Å². The number of fused-ring (bicyclic) bond motifs is 3. The van der Waals surface area contributed by atoms with Gasteiger partial charge in [0.25, 0.3) is 0 Å². The zero-order valence-corrected chi connectivity index (χ0v) is 22.3. The highest BCUT2D eigenvalue weighted by Crippen LogP contribution is 2.33. The maximum absolute atomic E-state index is 10.1. The summed E-state index contributed by atoms with van der Waals surface area (Å²) in [7, 11) is 0. The van der Waals surface area contributed by atoms with E-state index in [1.165, 1.54) is 11.1 Å². The highest BCUT2D eigenvalue weighted by Gasteiger charge is 2.28. The van der Waals surface area contributed by atoms with E-state index in [1.54, 1.807) is 0 Å². The van der Waals surface area contributed by atoms with Crippen molar-refractivity contribution in [2.24, 2.45) is 0 Å². The first-order valence-electron chi connectivity index (χ1n) is 13.3. The Labute approximate surface area is 228 Å². The predicted molar refractivity (Wildman–Crippen MR) is 155 cm³/mol. The average Bonchev–Trinajstić information content (AvgIpc) is 3.34. The van der Waals surface area contributed by atoms with E-state index in [0.717, 1.165) is 72.1 Å². The van der Waals surface area contributed by atoms with E-state index in [2.05, 4.69) is 81.8 Å². The number of hydrogen-bond acceptors (Lipinski definition) is 4. The largest absolute Gasteiger partial charge is 0.355 e. The summed E-state index contributed by atoms with van der Waals surface area (Å²) < 4.78 is 2.19. The quantitative estimate of drug-likeness (QED) is 0.245. The third-order valence-corrected chi connectivity index (χ3v) is 7.83. The maximum Gasteiger partial charge on any atom is 0.157 e. The number of imidazole rings is 1. The zero-order chi connectivity index (χ0) is 26.1. The van der Waals surface area contributed by atoms with Crippen molar-refractivity contribution in [2.45, 2.75) is 25.8 Å². The number of rotatable bonds is 6. The second-order valence-electron chi connectivity index (χ2n) is 9.91. The van der Waals surface area contributed by atoms with Gasteiger partial charge in [-0.3, -0.25) is 9.30 Å². The first-order valence-corrected chi connectivity index (χ1v) is 13.7. The molecule has 1 saturated heterocycles. The molecule has 0 N–H and O–H groups in total. The van der Waals surface area contributed by atoms with E-state index in [4.69, 9.17) is 16.6 Å². The summed E-state index contributed by atoms with van der Waals surface area (Å²) in [6.07, 6.45) is 1.85. The van der Waals surface area contributed by atoms with Gasteiger partial charge in [-0.2, -0.15) is 5.26 Å². The summed E-state index contributed by atoms with van der Waals surface area (Å²) in [4.78, 5) is 9.93. The normalized spacial score (nSPS) is 15.1. The summed E-state index contributed by atoms with van der Waals surface area (Å²) in [6, 6.07) is 32.0. The van der Waals surface area contributed by atoms with Gasteiger partial charge in [0.1, 0.15) is 11.9 Å². The maximum atomic E-state index is 10.1. The molecular formula is C32H30ClN5. The average molecular weight is 520 g/mol. The van der Waals surface area contributed by atoms with Crippen molar-refractivity contribution >= 4 is 34.1 Å². The van der Waals surface area contributed by atoms with Gasteiger partial charge in [0.2, 0.25) is 0 Å². The number of pyridine rings is 1. The summed E-state index contributed by atoms with van der Waals surface area (Å²) in [6.45, 7) is 5.76. The molecule has 0 radical (unpaired) electrons. The molecule has 2 aromatic heterocycles. The second kappa shape index (κ2) is 10.5. The molecular weight excluding hydrogens is 490 g/mol. The van der Waals surface area contributed by atoms with Gasteiger partial charge in [0, 0.05) is 31.2 Å². The van der Waals surface area contributed by atoms with Gasteiger partial charge < -0.3 is 4.90 Å². The van der Waals surface area contributed by atoms with Crippen LogP contribution in [0.15, 0.2) is 84.9 Å². The number of anilines is 1. The number of piperazine rings is 1. The molecule has 1 aliphatic rings. The Morgan fingerprint density at radius 1 is 0.895 bits per heavy atom. The number of halogens is 1. The minimum atomic E-state index is 0.168. The van der Waals surface area contributed by atoms with Crippen molar-refractivity contribution in [2.75, 3.05) is 31.1 Å². The Morgan fingerprint density at radius 2 is 1.58 bits per heavy atom. The van der Waals surface area contributed by atoms with Gasteiger partial charge in [0.15, 0.2) is 5.65 Å². The SMILES string of the molecule is CCCc1cc(N2CCN([C@H](c3ccccc3)c3ccc(Cl)cc3)CC2)n2c(nc3ccccc32)c1C#N. The van der Waals surface area contributed by atoms with Crippen molar-refractivity contribution in [3.05, 3.63) is 112 Å². The van der Waals surface area contributed by atoms with Crippen LogP contribution >= 0.6 is 11.6 Å². The summed E-state index contributed by atoms with van der Waals surface area (Å²) in [5.41, 5.74) is 7.04. The Bertz CT molecular complexity index is 1610. The third kappa shape index (κ3) is 4.41. The Hall–Kier alpha value is -3.85. The van der Waals surface area contributed by atoms with Crippen molar-refractivity contribution in [3.8, 4) is 6.07 Å². The van der Waals surface area contributed by atoms with Crippen LogP contribution in [0.4, 0.5) is 5.82 Å². The lowest BCUT2D eigenvalue weighted by atomic mass is 9.96. The summed E-state index contributed by atoms with van der Waals surface area (Å²) >= 11 is 6.22. The fourth-order valence-electron chi connectivity index (χ4n) is 5.79. The van der Waals surface area contributed by atoms with Crippen LogP contribution in [-0.2, 0) is 6.42 Å². The number of para-hydroxylation sites is 2. The highest BCUT2D eigenvalue weighted by atomic mass is 35.5. The van der Waals surface area contributed by atoms with Crippen LogP contribution in [0.25, 0.3) is 16.7 Å². The highest BCUT2D eigenvalue weighted by molar-refractivity contribution is 6.30. The first-order chi connectivity index (χ1) is 18.7. The van der Waals surface area contributed by atoms with Gasteiger partial charge in [-0.15, -0.1) is 0 Å². The molecule has 0 bridgehead atoms. The van der Waals surface area contributed by atoms with Crippen LogP contribution in [0.2, 0.25) is 5.02 Å². The Balaban J connectivity index is 1.37. The van der Waals surface area contributed by atoms with Crippen molar-refractivity contribution < 1.29 is 0 Å². The van der Waals surface area contributed by atoms with E-state index in [-0.39, 0.29) is 6.04 Å². The molecule has 5 nitrogen and oxygen atoms in total.